The van der Waals surface area contributed by atoms with E-state index in [2.05, 4.69) is 9.71 Å². The van der Waals surface area contributed by atoms with Crippen molar-refractivity contribution >= 4 is 27.5 Å². The number of pyridine rings is 1. The zero-order valence-corrected chi connectivity index (χ0v) is 10.2. The van der Waals surface area contributed by atoms with E-state index in [0.29, 0.717) is 0 Å². The van der Waals surface area contributed by atoms with Gasteiger partial charge in [-0.25, -0.2) is 4.98 Å². The second-order valence-corrected chi connectivity index (χ2v) is 5.48. The Bertz CT molecular complexity index is 459. The molecule has 0 fully saturated rings. The lowest BCUT2D eigenvalue weighted by atomic mass is 10.3. The predicted octanol–water partition coefficient (Wildman–Crippen LogP) is 1.26. The van der Waals surface area contributed by atoms with E-state index >= 15 is 0 Å². The summed E-state index contributed by atoms with van der Waals surface area (Å²) in [5, 5.41) is 0.131. The minimum atomic E-state index is -3.53. The number of aryl methyl sites for hydroxylation is 1. The standard InChI is InChI=1S/C8H12ClN3O2S/c1-6-4-7(8(9)10-5-6)11-15(13,14)12(2)3/h4-5,11H,1-3H3. The molecule has 1 aromatic rings. The number of rotatable bonds is 3. The monoisotopic (exact) mass is 249 g/mol. The highest BCUT2D eigenvalue weighted by atomic mass is 35.5. The van der Waals surface area contributed by atoms with E-state index < -0.39 is 10.2 Å². The molecule has 0 saturated carbocycles. The molecule has 0 atom stereocenters. The number of hydrogen-bond donors (Lipinski definition) is 1. The van der Waals surface area contributed by atoms with Gasteiger partial charge in [-0.2, -0.15) is 12.7 Å². The Kier molecular flexibility index (Phi) is 3.54. The van der Waals surface area contributed by atoms with Crippen molar-refractivity contribution in [3.05, 3.63) is 23.0 Å². The summed E-state index contributed by atoms with van der Waals surface area (Å²) in [6, 6.07) is 1.62. The molecule has 1 rings (SSSR count). The quantitative estimate of drug-likeness (QED) is 0.821. The fourth-order valence-electron chi connectivity index (χ4n) is 0.854. The third-order valence-corrected chi connectivity index (χ3v) is 3.44. The van der Waals surface area contributed by atoms with Crippen LogP contribution >= 0.6 is 11.6 Å². The summed E-state index contributed by atoms with van der Waals surface area (Å²) < 4.78 is 26.4. The Morgan fingerprint density at radius 2 is 2.07 bits per heavy atom. The number of nitrogens with zero attached hydrogens (tertiary/aromatic N) is 2. The lowest BCUT2D eigenvalue weighted by Gasteiger charge is -2.14. The lowest BCUT2D eigenvalue weighted by Crippen LogP contribution is -2.29. The molecular formula is C8H12ClN3O2S. The van der Waals surface area contributed by atoms with E-state index in [1.807, 2.05) is 0 Å². The van der Waals surface area contributed by atoms with E-state index in [1.165, 1.54) is 14.1 Å². The molecule has 0 aromatic carbocycles. The van der Waals surface area contributed by atoms with Gasteiger partial charge in [0.05, 0.1) is 5.69 Å². The number of aromatic nitrogens is 1. The molecule has 15 heavy (non-hydrogen) atoms. The molecule has 5 nitrogen and oxygen atoms in total. The van der Waals surface area contributed by atoms with Crippen LogP contribution in [0.1, 0.15) is 5.56 Å². The van der Waals surface area contributed by atoms with Crippen LogP contribution in [0.25, 0.3) is 0 Å². The maximum absolute atomic E-state index is 11.5. The molecule has 7 heteroatoms. The van der Waals surface area contributed by atoms with Crippen LogP contribution in [0, 0.1) is 6.92 Å². The topological polar surface area (TPSA) is 62.3 Å². The van der Waals surface area contributed by atoms with Crippen molar-refractivity contribution in [1.29, 1.82) is 0 Å². The highest BCUT2D eigenvalue weighted by molar-refractivity contribution is 7.90. The third kappa shape index (κ3) is 3.05. The van der Waals surface area contributed by atoms with Gasteiger partial charge in [-0.1, -0.05) is 11.6 Å². The van der Waals surface area contributed by atoms with Crippen LogP contribution in [0.15, 0.2) is 12.3 Å². The zero-order valence-electron chi connectivity index (χ0n) is 8.65. The summed E-state index contributed by atoms with van der Waals surface area (Å²) in [5.41, 5.74) is 1.11. The average molecular weight is 250 g/mol. The van der Waals surface area contributed by atoms with Crippen LogP contribution in [-0.2, 0) is 10.2 Å². The van der Waals surface area contributed by atoms with Gasteiger partial charge >= 0.3 is 10.2 Å². The van der Waals surface area contributed by atoms with Crippen molar-refractivity contribution in [2.75, 3.05) is 18.8 Å². The van der Waals surface area contributed by atoms with Gasteiger partial charge < -0.3 is 0 Å². The summed E-state index contributed by atoms with van der Waals surface area (Å²) in [5.74, 6) is 0. The van der Waals surface area contributed by atoms with E-state index in [1.54, 1.807) is 19.2 Å². The van der Waals surface area contributed by atoms with Crippen molar-refractivity contribution in [1.82, 2.24) is 9.29 Å². The molecule has 1 heterocycles. The highest BCUT2D eigenvalue weighted by Crippen LogP contribution is 2.21. The molecule has 1 aromatic heterocycles. The Hall–Kier alpha value is -0.850. The van der Waals surface area contributed by atoms with Gasteiger partial charge in [0.25, 0.3) is 0 Å². The lowest BCUT2D eigenvalue weighted by molar-refractivity contribution is 0.527. The molecule has 0 amide bonds. The first-order valence-electron chi connectivity index (χ1n) is 4.15. The van der Waals surface area contributed by atoms with Crippen LogP contribution in [0.2, 0.25) is 5.15 Å². The molecule has 0 aliphatic carbocycles. The fourth-order valence-corrected chi connectivity index (χ4v) is 1.68. The summed E-state index contributed by atoms with van der Waals surface area (Å²) >= 11 is 5.75. The summed E-state index contributed by atoms with van der Waals surface area (Å²) in [7, 11) is -0.672. The maximum Gasteiger partial charge on any atom is 0.301 e. The average Bonchev–Trinajstić information content (AvgIpc) is 2.10. The molecule has 0 radical (unpaired) electrons. The fraction of sp³-hybridized carbons (Fsp3) is 0.375. The van der Waals surface area contributed by atoms with Gasteiger partial charge in [0.1, 0.15) is 0 Å². The second kappa shape index (κ2) is 4.34. The Morgan fingerprint density at radius 3 is 2.60 bits per heavy atom. The molecule has 1 N–H and O–H groups in total. The first-order valence-corrected chi connectivity index (χ1v) is 5.97. The molecular weight excluding hydrogens is 238 g/mol. The van der Waals surface area contributed by atoms with Crippen LogP contribution in [0.3, 0.4) is 0 Å². The summed E-state index contributed by atoms with van der Waals surface area (Å²) in [6.45, 7) is 1.80. The molecule has 84 valence electrons. The minimum Gasteiger partial charge on any atom is -0.268 e. The normalized spacial score (nSPS) is 11.8. The van der Waals surface area contributed by atoms with Crippen molar-refractivity contribution in [3.63, 3.8) is 0 Å². The van der Waals surface area contributed by atoms with Crippen molar-refractivity contribution in [3.8, 4) is 0 Å². The molecule has 0 unspecified atom stereocenters. The van der Waals surface area contributed by atoms with E-state index in [9.17, 15) is 8.42 Å². The minimum absolute atomic E-state index is 0.131. The van der Waals surface area contributed by atoms with Gasteiger partial charge in [-0.3, -0.25) is 4.72 Å². The number of hydrogen-bond acceptors (Lipinski definition) is 3. The smallest absolute Gasteiger partial charge is 0.268 e. The second-order valence-electron chi connectivity index (χ2n) is 3.24. The molecule has 0 aliphatic rings. The van der Waals surface area contributed by atoms with Crippen molar-refractivity contribution in [2.24, 2.45) is 0 Å². The van der Waals surface area contributed by atoms with Crippen LogP contribution in [-0.4, -0.2) is 31.8 Å². The SMILES string of the molecule is Cc1cnc(Cl)c(NS(=O)(=O)N(C)C)c1. The first-order chi connectivity index (χ1) is 6.83. The van der Waals surface area contributed by atoms with Crippen LogP contribution < -0.4 is 4.72 Å². The summed E-state index contributed by atoms with van der Waals surface area (Å²) in [4.78, 5) is 3.84. The zero-order chi connectivity index (χ0) is 11.6. The largest absolute Gasteiger partial charge is 0.301 e. The predicted molar refractivity (Wildman–Crippen MR) is 60.2 cm³/mol. The molecule has 0 saturated heterocycles. The van der Waals surface area contributed by atoms with Gasteiger partial charge in [0.2, 0.25) is 0 Å². The summed E-state index contributed by atoms with van der Waals surface area (Å²) in [6.07, 6.45) is 1.57. The van der Waals surface area contributed by atoms with Crippen LogP contribution in [0.4, 0.5) is 5.69 Å². The highest BCUT2D eigenvalue weighted by Gasteiger charge is 2.15. The Balaban J connectivity index is 3.05. The maximum atomic E-state index is 11.5. The number of anilines is 1. The van der Waals surface area contributed by atoms with E-state index in [0.717, 1.165) is 9.87 Å². The van der Waals surface area contributed by atoms with E-state index in [-0.39, 0.29) is 10.8 Å². The van der Waals surface area contributed by atoms with Gasteiger partial charge in [-0.05, 0) is 18.6 Å². The van der Waals surface area contributed by atoms with Crippen molar-refractivity contribution < 1.29 is 8.42 Å². The number of nitrogens with one attached hydrogen (secondary N) is 1. The van der Waals surface area contributed by atoms with Gasteiger partial charge in [-0.15, -0.1) is 0 Å². The first kappa shape index (κ1) is 12.2. The van der Waals surface area contributed by atoms with E-state index in [4.69, 9.17) is 11.6 Å². The Labute approximate surface area is 94.3 Å². The van der Waals surface area contributed by atoms with Gasteiger partial charge in [0.15, 0.2) is 5.15 Å². The molecule has 0 bridgehead atoms. The molecule has 0 spiro atoms. The number of halogens is 1. The van der Waals surface area contributed by atoms with Crippen molar-refractivity contribution in [2.45, 2.75) is 6.92 Å². The third-order valence-electron chi connectivity index (χ3n) is 1.70. The van der Waals surface area contributed by atoms with Gasteiger partial charge in [0, 0.05) is 20.3 Å². The molecule has 0 aliphatic heterocycles. The van der Waals surface area contributed by atoms with Crippen LogP contribution in [0.5, 0.6) is 0 Å². The Morgan fingerprint density at radius 1 is 1.47 bits per heavy atom.